The summed E-state index contributed by atoms with van der Waals surface area (Å²) >= 11 is 6.14. The van der Waals surface area contributed by atoms with E-state index in [0.717, 1.165) is 47.1 Å². The lowest BCUT2D eigenvalue weighted by molar-refractivity contribution is -0.159. The number of hydrogen-bond donors (Lipinski definition) is 1. The van der Waals surface area contributed by atoms with E-state index >= 15 is 0 Å². The summed E-state index contributed by atoms with van der Waals surface area (Å²) in [6.07, 6.45) is 6.03. The molecule has 0 saturated carbocycles. The third-order valence-corrected chi connectivity index (χ3v) is 6.50. The van der Waals surface area contributed by atoms with Crippen LogP contribution in [0.25, 0.3) is 10.9 Å². The average Bonchev–Trinajstić information content (AvgIpc) is 2.72. The van der Waals surface area contributed by atoms with Crippen LogP contribution in [0.3, 0.4) is 0 Å². The van der Waals surface area contributed by atoms with E-state index in [9.17, 15) is 9.59 Å². The van der Waals surface area contributed by atoms with Crippen LogP contribution in [-0.4, -0.2) is 31.1 Å². The third kappa shape index (κ3) is 3.76. The SMILES string of the molecule is COC(=O)C(CCC1=CC2Cc3nc4cc(Cl)ccc4c(N)c3C(C1)C2)C(=O)OC. The van der Waals surface area contributed by atoms with Crippen molar-refractivity contribution in [1.82, 2.24) is 4.98 Å². The number of pyridine rings is 1. The van der Waals surface area contributed by atoms with E-state index in [0.29, 0.717) is 29.7 Å². The summed E-state index contributed by atoms with van der Waals surface area (Å²) in [5, 5.41) is 1.59. The van der Waals surface area contributed by atoms with Crippen LogP contribution in [0.1, 0.15) is 42.9 Å². The lowest BCUT2D eigenvalue weighted by atomic mass is 9.70. The molecule has 0 fully saturated rings. The van der Waals surface area contributed by atoms with Crippen molar-refractivity contribution < 1.29 is 19.1 Å². The number of hydrogen-bond acceptors (Lipinski definition) is 6. The zero-order chi connectivity index (χ0) is 21.4. The molecule has 2 aliphatic rings. The van der Waals surface area contributed by atoms with Gasteiger partial charge in [-0.25, -0.2) is 0 Å². The highest BCUT2D eigenvalue weighted by Gasteiger charge is 2.35. The third-order valence-electron chi connectivity index (χ3n) is 6.26. The van der Waals surface area contributed by atoms with Crippen molar-refractivity contribution in [2.75, 3.05) is 20.0 Å². The van der Waals surface area contributed by atoms with Crippen molar-refractivity contribution in [3.8, 4) is 0 Å². The molecule has 2 bridgehead atoms. The van der Waals surface area contributed by atoms with Gasteiger partial charge >= 0.3 is 11.9 Å². The quantitative estimate of drug-likeness (QED) is 0.436. The Balaban J connectivity index is 1.57. The summed E-state index contributed by atoms with van der Waals surface area (Å²) in [6, 6.07) is 5.63. The number of nitrogens with zero attached hydrogens (tertiary/aromatic N) is 1. The smallest absolute Gasteiger partial charge is 0.320 e. The first-order valence-corrected chi connectivity index (χ1v) is 10.5. The Morgan fingerprint density at radius 3 is 2.67 bits per heavy atom. The summed E-state index contributed by atoms with van der Waals surface area (Å²) in [7, 11) is 2.57. The molecule has 6 nitrogen and oxygen atoms in total. The molecule has 30 heavy (non-hydrogen) atoms. The zero-order valence-electron chi connectivity index (χ0n) is 17.1. The molecular formula is C23H25ClN2O4. The Bertz CT molecular complexity index is 1030. The number of nitrogen functional groups attached to an aromatic ring is 1. The number of benzene rings is 1. The van der Waals surface area contributed by atoms with E-state index in [1.807, 2.05) is 18.2 Å². The molecule has 0 aliphatic heterocycles. The first kappa shape index (κ1) is 20.7. The molecule has 0 amide bonds. The van der Waals surface area contributed by atoms with Crippen LogP contribution < -0.4 is 5.73 Å². The van der Waals surface area contributed by atoms with Gasteiger partial charge in [-0.05, 0) is 62.1 Å². The topological polar surface area (TPSA) is 91.5 Å². The van der Waals surface area contributed by atoms with Gasteiger partial charge in [-0.2, -0.15) is 0 Å². The predicted octanol–water partition coefficient (Wildman–Crippen LogP) is 4.19. The molecular weight excluding hydrogens is 404 g/mol. The number of carbonyl (C=O) groups is 2. The predicted molar refractivity (Wildman–Crippen MR) is 115 cm³/mol. The maximum atomic E-state index is 12.0. The van der Waals surface area contributed by atoms with Gasteiger partial charge < -0.3 is 15.2 Å². The standard InChI is InChI=1S/C23H25ClN2O4/c1-29-22(27)17(23(28)30-2)5-3-12-7-13-9-14(8-12)20-19(10-13)26-18-11-15(24)4-6-16(18)21(20)25/h4,6-7,11,13-14,17H,3,5,8-10H2,1-2H3,(H2,25,26). The lowest BCUT2D eigenvalue weighted by Gasteiger charge is -2.36. The second-order valence-corrected chi connectivity index (χ2v) is 8.55. The fourth-order valence-electron chi connectivity index (χ4n) is 4.92. The molecule has 4 rings (SSSR count). The van der Waals surface area contributed by atoms with Crippen molar-refractivity contribution in [1.29, 1.82) is 0 Å². The molecule has 0 spiro atoms. The number of anilines is 1. The van der Waals surface area contributed by atoms with Gasteiger partial charge in [0.15, 0.2) is 5.92 Å². The minimum atomic E-state index is -0.893. The van der Waals surface area contributed by atoms with E-state index in [-0.39, 0.29) is 0 Å². The van der Waals surface area contributed by atoms with E-state index in [1.165, 1.54) is 19.8 Å². The van der Waals surface area contributed by atoms with Crippen LogP contribution >= 0.6 is 11.6 Å². The second-order valence-electron chi connectivity index (χ2n) is 8.11. The molecule has 2 atom stereocenters. The summed E-state index contributed by atoms with van der Waals surface area (Å²) < 4.78 is 9.54. The first-order chi connectivity index (χ1) is 14.4. The van der Waals surface area contributed by atoms with Crippen molar-refractivity contribution in [3.63, 3.8) is 0 Å². The highest BCUT2D eigenvalue weighted by molar-refractivity contribution is 6.31. The fourth-order valence-corrected chi connectivity index (χ4v) is 5.09. The average molecular weight is 429 g/mol. The molecule has 2 aromatic rings. The molecule has 2 aliphatic carbocycles. The van der Waals surface area contributed by atoms with Crippen LogP contribution in [0.5, 0.6) is 0 Å². The molecule has 0 saturated heterocycles. The highest BCUT2D eigenvalue weighted by Crippen LogP contribution is 2.47. The van der Waals surface area contributed by atoms with Gasteiger partial charge in [-0.3, -0.25) is 14.6 Å². The minimum Gasteiger partial charge on any atom is -0.468 e. The van der Waals surface area contributed by atoms with Crippen molar-refractivity contribution in [3.05, 3.63) is 46.1 Å². The zero-order valence-corrected chi connectivity index (χ0v) is 17.9. The van der Waals surface area contributed by atoms with Gasteiger partial charge in [-0.1, -0.05) is 23.3 Å². The summed E-state index contributed by atoms with van der Waals surface area (Å²) in [5.74, 6) is -1.33. The van der Waals surface area contributed by atoms with Gasteiger partial charge in [0.05, 0.1) is 19.7 Å². The maximum Gasteiger partial charge on any atom is 0.320 e. The Hall–Kier alpha value is -2.60. The largest absolute Gasteiger partial charge is 0.468 e. The Labute approximate surface area is 180 Å². The molecule has 1 aromatic carbocycles. The molecule has 1 aromatic heterocycles. The number of ether oxygens (including phenoxy) is 2. The summed E-state index contributed by atoms with van der Waals surface area (Å²) in [5.41, 5.74) is 11.7. The van der Waals surface area contributed by atoms with Crippen LogP contribution in [-0.2, 0) is 25.5 Å². The molecule has 2 N–H and O–H groups in total. The molecule has 7 heteroatoms. The van der Waals surface area contributed by atoms with Crippen LogP contribution in [0.2, 0.25) is 5.02 Å². The number of aromatic nitrogens is 1. The Morgan fingerprint density at radius 2 is 1.97 bits per heavy atom. The van der Waals surface area contributed by atoms with Gasteiger partial charge in [0.25, 0.3) is 0 Å². The number of allylic oxidation sites excluding steroid dienone is 2. The number of esters is 2. The number of halogens is 1. The van der Waals surface area contributed by atoms with E-state index < -0.39 is 17.9 Å². The maximum absolute atomic E-state index is 12.0. The second kappa shape index (κ2) is 8.26. The number of carbonyl (C=O) groups excluding carboxylic acids is 2. The van der Waals surface area contributed by atoms with Crippen molar-refractivity contribution >= 4 is 40.1 Å². The molecule has 2 unspecified atom stereocenters. The van der Waals surface area contributed by atoms with E-state index in [2.05, 4.69) is 6.08 Å². The molecule has 1 heterocycles. The van der Waals surface area contributed by atoms with Crippen LogP contribution in [0, 0.1) is 11.8 Å². The van der Waals surface area contributed by atoms with Gasteiger partial charge in [-0.15, -0.1) is 0 Å². The fraction of sp³-hybridized carbons (Fsp3) is 0.435. The van der Waals surface area contributed by atoms with Crippen LogP contribution in [0.4, 0.5) is 5.69 Å². The monoisotopic (exact) mass is 428 g/mol. The number of nitrogens with two attached hydrogens (primary N) is 1. The van der Waals surface area contributed by atoms with Gasteiger partial charge in [0.1, 0.15) is 0 Å². The normalized spacial score (nSPS) is 19.9. The number of fused-ring (bicyclic) bond motifs is 5. The first-order valence-electron chi connectivity index (χ1n) is 10.1. The van der Waals surface area contributed by atoms with Crippen molar-refractivity contribution in [2.45, 2.75) is 38.0 Å². The summed E-state index contributed by atoms with van der Waals surface area (Å²) in [4.78, 5) is 28.8. The lowest BCUT2D eigenvalue weighted by Crippen LogP contribution is -2.28. The number of methoxy groups -OCH3 is 2. The van der Waals surface area contributed by atoms with Crippen molar-refractivity contribution in [2.24, 2.45) is 11.8 Å². The highest BCUT2D eigenvalue weighted by atomic mass is 35.5. The Kier molecular flexibility index (Phi) is 5.69. The van der Waals surface area contributed by atoms with Crippen LogP contribution in [0.15, 0.2) is 29.8 Å². The Morgan fingerprint density at radius 1 is 1.23 bits per heavy atom. The molecule has 0 radical (unpaired) electrons. The van der Waals surface area contributed by atoms with Gasteiger partial charge in [0.2, 0.25) is 0 Å². The van der Waals surface area contributed by atoms with E-state index in [4.69, 9.17) is 31.8 Å². The summed E-state index contributed by atoms with van der Waals surface area (Å²) in [6.45, 7) is 0. The van der Waals surface area contributed by atoms with Gasteiger partial charge in [0, 0.05) is 27.4 Å². The molecule has 158 valence electrons. The van der Waals surface area contributed by atoms with E-state index in [1.54, 1.807) is 0 Å². The minimum absolute atomic E-state index is 0.293. The number of rotatable bonds is 5.